The van der Waals surface area contributed by atoms with E-state index in [2.05, 4.69) is 18.7 Å². The minimum Gasteiger partial charge on any atom is -0.479 e. The molecule has 0 aromatic carbocycles. The van der Waals surface area contributed by atoms with Crippen molar-refractivity contribution in [3.8, 4) is 5.19 Å². The number of aliphatic carboxylic acids is 2. The molecule has 4 rings (SSSR count). The highest BCUT2D eigenvalue weighted by Gasteiger charge is 2.34. The molecule has 1 aromatic rings. The molecule has 1 amide bonds. The molecular formula is C23H35N3O8S. The van der Waals surface area contributed by atoms with Crippen molar-refractivity contribution in [2.45, 2.75) is 76.7 Å². The minimum atomic E-state index is -2.27. The number of amides is 1. The summed E-state index contributed by atoms with van der Waals surface area (Å²) in [4.78, 5) is 42.5. The Bertz CT molecular complexity index is 852. The van der Waals surface area contributed by atoms with Crippen molar-refractivity contribution < 1.29 is 39.5 Å². The number of aromatic nitrogens is 1. The van der Waals surface area contributed by atoms with Gasteiger partial charge in [0.15, 0.2) is 12.2 Å². The van der Waals surface area contributed by atoms with Gasteiger partial charge in [-0.3, -0.25) is 4.79 Å². The average Bonchev–Trinajstić information content (AvgIpc) is 3.63. The van der Waals surface area contributed by atoms with Gasteiger partial charge in [0.25, 0.3) is 5.19 Å². The van der Waals surface area contributed by atoms with Crippen LogP contribution in [0.4, 0.5) is 0 Å². The Hall–Kier alpha value is -2.28. The molecule has 2 fully saturated rings. The molecular weight excluding hydrogens is 478 g/mol. The Balaban J connectivity index is 0.000000292. The van der Waals surface area contributed by atoms with Crippen LogP contribution in [0.5, 0.6) is 5.19 Å². The summed E-state index contributed by atoms with van der Waals surface area (Å²) in [6.45, 7) is 8.42. The third-order valence-electron chi connectivity index (χ3n) is 6.50. The summed E-state index contributed by atoms with van der Waals surface area (Å²) in [5, 5.41) is 33.4. The van der Waals surface area contributed by atoms with Gasteiger partial charge in [0.2, 0.25) is 5.91 Å². The molecule has 0 bridgehead atoms. The first-order chi connectivity index (χ1) is 16.6. The van der Waals surface area contributed by atoms with Gasteiger partial charge in [-0.25, -0.2) is 14.6 Å². The second-order valence-corrected chi connectivity index (χ2v) is 10.5. The summed E-state index contributed by atoms with van der Waals surface area (Å²) in [5.41, 5.74) is 1.16. The number of aliphatic hydroxyl groups is 2. The topological polar surface area (TPSA) is 161 Å². The van der Waals surface area contributed by atoms with Crippen LogP contribution >= 0.6 is 11.3 Å². The molecule has 3 aliphatic rings. The Labute approximate surface area is 208 Å². The van der Waals surface area contributed by atoms with Crippen molar-refractivity contribution in [1.29, 1.82) is 0 Å². The maximum Gasteiger partial charge on any atom is 0.335 e. The first-order valence-corrected chi connectivity index (χ1v) is 12.9. The molecule has 196 valence electrons. The fourth-order valence-corrected chi connectivity index (χ4v) is 5.13. The number of fused-ring (bicyclic) bond motifs is 1. The predicted molar refractivity (Wildman–Crippen MR) is 126 cm³/mol. The third-order valence-corrected chi connectivity index (χ3v) is 7.55. The highest BCUT2D eigenvalue weighted by atomic mass is 32.1. The lowest BCUT2D eigenvalue weighted by Gasteiger charge is -2.34. The molecule has 2 unspecified atom stereocenters. The minimum absolute atomic E-state index is 0.303. The van der Waals surface area contributed by atoms with Gasteiger partial charge in [-0.05, 0) is 39.5 Å². The second kappa shape index (κ2) is 12.1. The van der Waals surface area contributed by atoms with E-state index in [9.17, 15) is 14.4 Å². The van der Waals surface area contributed by atoms with Gasteiger partial charge in [-0.2, -0.15) is 0 Å². The number of piperidine rings is 1. The largest absolute Gasteiger partial charge is 0.479 e. The van der Waals surface area contributed by atoms with Gasteiger partial charge in [0.1, 0.15) is 6.10 Å². The molecule has 0 radical (unpaired) electrons. The van der Waals surface area contributed by atoms with E-state index in [1.165, 1.54) is 4.88 Å². The summed E-state index contributed by atoms with van der Waals surface area (Å²) in [5.74, 6) is -2.85. The van der Waals surface area contributed by atoms with E-state index in [1.54, 1.807) is 11.3 Å². The number of ether oxygens (including phenoxy) is 1. The number of carbonyl (C=O) groups excluding carboxylic acids is 1. The van der Waals surface area contributed by atoms with E-state index in [4.69, 9.17) is 30.1 Å². The number of carboxylic acids is 2. The first kappa shape index (κ1) is 27.3. The van der Waals surface area contributed by atoms with Crippen LogP contribution in [-0.2, 0) is 27.2 Å². The second-order valence-electron chi connectivity index (χ2n) is 9.46. The molecule has 11 nitrogen and oxygen atoms in total. The lowest BCUT2D eigenvalue weighted by Crippen LogP contribution is -2.41. The number of hydrogen-bond acceptors (Lipinski definition) is 9. The number of rotatable bonds is 7. The molecule has 0 spiro atoms. The SMILES string of the molecule is CC(C)N1CCC(Oc2nc3c(s2)CCN(C(=O)C2CC2)CC3)CC1.O=C(O)C(O)C(O)C(=O)O. The lowest BCUT2D eigenvalue weighted by atomic mass is 10.1. The highest BCUT2D eigenvalue weighted by molar-refractivity contribution is 7.13. The number of hydrogen-bond donors (Lipinski definition) is 4. The maximum atomic E-state index is 12.3. The molecule has 2 aliphatic heterocycles. The van der Waals surface area contributed by atoms with Crippen LogP contribution < -0.4 is 4.74 Å². The van der Waals surface area contributed by atoms with Gasteiger partial charge in [-0.15, -0.1) is 0 Å². The monoisotopic (exact) mass is 513 g/mol. The maximum absolute atomic E-state index is 12.3. The molecule has 2 atom stereocenters. The fraction of sp³-hybridized carbons (Fsp3) is 0.739. The summed E-state index contributed by atoms with van der Waals surface area (Å²) in [7, 11) is 0. The van der Waals surface area contributed by atoms with Crippen LogP contribution in [0.2, 0.25) is 0 Å². The lowest BCUT2D eigenvalue weighted by molar-refractivity contribution is -0.165. The van der Waals surface area contributed by atoms with E-state index >= 15 is 0 Å². The summed E-state index contributed by atoms with van der Waals surface area (Å²) in [6, 6.07) is 0.623. The van der Waals surface area contributed by atoms with E-state index in [-0.39, 0.29) is 0 Å². The van der Waals surface area contributed by atoms with Gasteiger partial charge >= 0.3 is 11.9 Å². The Morgan fingerprint density at radius 1 is 0.943 bits per heavy atom. The van der Waals surface area contributed by atoms with Gasteiger partial charge < -0.3 is 35.0 Å². The van der Waals surface area contributed by atoms with Gasteiger partial charge in [-0.1, -0.05) is 11.3 Å². The van der Waals surface area contributed by atoms with Crippen molar-refractivity contribution in [3.63, 3.8) is 0 Å². The number of likely N-dealkylation sites (tertiary alicyclic amines) is 1. The van der Waals surface area contributed by atoms with Gasteiger partial charge in [0, 0.05) is 55.9 Å². The fourth-order valence-electron chi connectivity index (χ4n) is 4.12. The Morgan fingerprint density at radius 2 is 1.51 bits per heavy atom. The Kier molecular flexibility index (Phi) is 9.45. The van der Waals surface area contributed by atoms with E-state index in [0.717, 1.165) is 75.6 Å². The molecule has 35 heavy (non-hydrogen) atoms. The molecule has 1 saturated heterocycles. The number of carboxylic acid groups (broad SMARTS) is 2. The van der Waals surface area contributed by atoms with E-state index in [0.29, 0.717) is 24.0 Å². The number of thiazole rings is 1. The third kappa shape index (κ3) is 7.60. The molecule has 1 aliphatic carbocycles. The highest BCUT2D eigenvalue weighted by Crippen LogP contribution is 2.34. The van der Waals surface area contributed by atoms with Crippen LogP contribution in [0.25, 0.3) is 0 Å². The predicted octanol–water partition coefficient (Wildman–Crippen LogP) is 0.609. The zero-order valence-electron chi connectivity index (χ0n) is 20.1. The zero-order valence-corrected chi connectivity index (χ0v) is 20.9. The van der Waals surface area contributed by atoms with Crippen LogP contribution in [0.1, 0.15) is 50.1 Å². The standard InChI is InChI=1S/C19H29N3O2S.C4H6O6/c1-13(2)21-9-5-15(6-10-21)24-19-20-16-7-11-22(12-8-17(16)25-19)18(23)14-3-4-14;5-1(3(7)8)2(6)4(9)10/h13-15H,3-12H2,1-2H3;1-2,5-6H,(H,7,8)(H,9,10). The van der Waals surface area contributed by atoms with Crippen LogP contribution in [0.15, 0.2) is 0 Å². The van der Waals surface area contributed by atoms with Crippen molar-refractivity contribution in [1.82, 2.24) is 14.8 Å². The van der Waals surface area contributed by atoms with Crippen LogP contribution in [0.3, 0.4) is 0 Å². The molecule has 12 heteroatoms. The number of nitrogens with zero attached hydrogens (tertiary/aromatic N) is 3. The van der Waals surface area contributed by atoms with E-state index in [1.807, 2.05) is 4.90 Å². The summed E-state index contributed by atoms with van der Waals surface area (Å²) < 4.78 is 6.20. The van der Waals surface area contributed by atoms with E-state index < -0.39 is 24.1 Å². The van der Waals surface area contributed by atoms with Crippen molar-refractivity contribution >= 4 is 29.2 Å². The van der Waals surface area contributed by atoms with Crippen molar-refractivity contribution in [2.75, 3.05) is 26.2 Å². The van der Waals surface area contributed by atoms with Crippen LogP contribution in [0, 0.1) is 5.92 Å². The molecule has 3 heterocycles. The van der Waals surface area contributed by atoms with Gasteiger partial charge in [0.05, 0.1) is 5.69 Å². The average molecular weight is 514 g/mol. The molecule has 1 saturated carbocycles. The normalized spacial score (nSPS) is 20.8. The summed E-state index contributed by atoms with van der Waals surface area (Å²) in [6.07, 6.45) is 1.93. The smallest absolute Gasteiger partial charge is 0.335 e. The molecule has 4 N–H and O–H groups in total. The zero-order chi connectivity index (χ0) is 25.7. The number of aliphatic hydroxyl groups excluding tert-OH is 2. The molecule has 1 aromatic heterocycles. The first-order valence-electron chi connectivity index (χ1n) is 12.1. The van der Waals surface area contributed by atoms with Crippen molar-refractivity contribution in [3.05, 3.63) is 10.6 Å². The summed E-state index contributed by atoms with van der Waals surface area (Å²) >= 11 is 1.70. The van der Waals surface area contributed by atoms with Crippen molar-refractivity contribution in [2.24, 2.45) is 5.92 Å². The van der Waals surface area contributed by atoms with Crippen LogP contribution in [-0.4, -0.2) is 104 Å². The Morgan fingerprint density at radius 3 is 2.03 bits per heavy atom. The quantitative estimate of drug-likeness (QED) is 0.407. The number of carbonyl (C=O) groups is 3.